The van der Waals surface area contributed by atoms with Gasteiger partial charge in [0.1, 0.15) is 6.10 Å². The number of hydrogen-bond donors (Lipinski definition) is 1. The van der Waals surface area contributed by atoms with Gasteiger partial charge in [0.05, 0.1) is 10.9 Å². The molecule has 1 N–H and O–H groups in total. The molecule has 2 rings (SSSR count). The van der Waals surface area contributed by atoms with E-state index in [0.717, 1.165) is 14.2 Å². The Bertz CT molecular complexity index is 549. The van der Waals surface area contributed by atoms with Crippen molar-refractivity contribution in [3.63, 3.8) is 0 Å². The summed E-state index contributed by atoms with van der Waals surface area (Å²) in [6, 6.07) is 6.37. The second kappa shape index (κ2) is 5.38. The summed E-state index contributed by atoms with van der Waals surface area (Å²) in [6.07, 6.45) is -0.819. The van der Waals surface area contributed by atoms with Crippen molar-refractivity contribution in [3.05, 3.63) is 49.9 Å². The SMILES string of the molecule is COc1ccc(C(O)c2cc(C)c(Br)s2)cc1F. The Hall–Kier alpha value is -0.910. The Balaban J connectivity index is 2.33. The summed E-state index contributed by atoms with van der Waals surface area (Å²) in [5.41, 5.74) is 1.57. The second-order valence-corrected chi connectivity index (χ2v) is 6.30. The quantitative estimate of drug-likeness (QED) is 0.919. The van der Waals surface area contributed by atoms with E-state index in [2.05, 4.69) is 15.9 Å². The molecule has 1 atom stereocenters. The predicted octanol–water partition coefficient (Wildman–Crippen LogP) is 4.05. The summed E-state index contributed by atoms with van der Waals surface area (Å²) >= 11 is 4.85. The molecule has 96 valence electrons. The number of ether oxygens (including phenoxy) is 1. The third kappa shape index (κ3) is 2.58. The minimum Gasteiger partial charge on any atom is -0.494 e. The first kappa shape index (κ1) is 13.5. The van der Waals surface area contributed by atoms with Crippen molar-refractivity contribution in [2.75, 3.05) is 7.11 Å². The first-order valence-electron chi connectivity index (χ1n) is 5.30. The van der Waals surface area contributed by atoms with Crippen molar-refractivity contribution >= 4 is 27.3 Å². The summed E-state index contributed by atoms with van der Waals surface area (Å²) in [7, 11) is 1.41. The van der Waals surface area contributed by atoms with Crippen LogP contribution < -0.4 is 4.74 Å². The fourth-order valence-electron chi connectivity index (χ4n) is 1.64. The average Bonchev–Trinajstić information content (AvgIpc) is 2.68. The van der Waals surface area contributed by atoms with Crippen LogP contribution in [0.3, 0.4) is 0 Å². The monoisotopic (exact) mass is 330 g/mol. The van der Waals surface area contributed by atoms with Crippen LogP contribution in [0.4, 0.5) is 4.39 Å². The zero-order valence-corrected chi connectivity index (χ0v) is 12.3. The first-order chi connectivity index (χ1) is 8.52. The molecular formula is C13H12BrFO2S. The average molecular weight is 331 g/mol. The van der Waals surface area contributed by atoms with Gasteiger partial charge in [0.25, 0.3) is 0 Å². The molecule has 0 aliphatic rings. The topological polar surface area (TPSA) is 29.5 Å². The normalized spacial score (nSPS) is 12.5. The number of aliphatic hydroxyl groups excluding tert-OH is 1. The molecule has 0 amide bonds. The van der Waals surface area contributed by atoms with E-state index >= 15 is 0 Å². The molecular weight excluding hydrogens is 319 g/mol. The highest BCUT2D eigenvalue weighted by atomic mass is 79.9. The Morgan fingerprint density at radius 2 is 2.11 bits per heavy atom. The molecule has 1 aromatic carbocycles. The lowest BCUT2D eigenvalue weighted by molar-refractivity contribution is 0.223. The van der Waals surface area contributed by atoms with Crippen LogP contribution >= 0.6 is 27.3 Å². The minimum absolute atomic E-state index is 0.175. The molecule has 1 unspecified atom stereocenters. The number of benzene rings is 1. The van der Waals surface area contributed by atoms with Gasteiger partial charge in [-0.25, -0.2) is 4.39 Å². The molecule has 2 nitrogen and oxygen atoms in total. The highest BCUT2D eigenvalue weighted by Crippen LogP contribution is 2.35. The van der Waals surface area contributed by atoms with Crippen LogP contribution in [-0.2, 0) is 0 Å². The van der Waals surface area contributed by atoms with Crippen molar-refractivity contribution < 1.29 is 14.2 Å². The number of aryl methyl sites for hydroxylation is 1. The first-order valence-corrected chi connectivity index (χ1v) is 6.91. The fourth-order valence-corrected chi connectivity index (χ4v) is 3.22. The molecule has 0 fully saturated rings. The number of thiophene rings is 1. The van der Waals surface area contributed by atoms with E-state index in [1.165, 1.54) is 30.6 Å². The maximum atomic E-state index is 13.6. The van der Waals surface area contributed by atoms with Crippen LogP contribution in [0.5, 0.6) is 5.75 Å². The Morgan fingerprint density at radius 3 is 2.61 bits per heavy atom. The zero-order valence-electron chi connectivity index (χ0n) is 9.91. The second-order valence-electron chi connectivity index (χ2n) is 3.90. The molecule has 0 radical (unpaired) electrons. The highest BCUT2D eigenvalue weighted by molar-refractivity contribution is 9.11. The molecule has 1 heterocycles. The van der Waals surface area contributed by atoms with Gasteiger partial charge in [0.2, 0.25) is 0 Å². The largest absolute Gasteiger partial charge is 0.494 e. The summed E-state index contributed by atoms with van der Waals surface area (Å²) in [6.45, 7) is 1.95. The van der Waals surface area contributed by atoms with Gasteiger partial charge in [-0.15, -0.1) is 11.3 Å². The molecule has 0 aliphatic carbocycles. The smallest absolute Gasteiger partial charge is 0.165 e. The van der Waals surface area contributed by atoms with Gasteiger partial charge in [0.15, 0.2) is 11.6 Å². The molecule has 5 heteroatoms. The van der Waals surface area contributed by atoms with E-state index < -0.39 is 11.9 Å². The standard InChI is InChI=1S/C13H12BrFO2S/c1-7-5-11(18-13(7)14)12(16)8-3-4-10(17-2)9(15)6-8/h3-6,12,16H,1-2H3. The fraction of sp³-hybridized carbons (Fsp3) is 0.231. The van der Waals surface area contributed by atoms with Gasteiger partial charge in [-0.3, -0.25) is 0 Å². The Kier molecular flexibility index (Phi) is 4.04. The molecule has 0 saturated heterocycles. The van der Waals surface area contributed by atoms with Crippen molar-refractivity contribution in [1.82, 2.24) is 0 Å². The van der Waals surface area contributed by atoms with E-state index in [9.17, 15) is 9.50 Å². The number of aliphatic hydroxyl groups is 1. The van der Waals surface area contributed by atoms with Gasteiger partial charge >= 0.3 is 0 Å². The summed E-state index contributed by atoms with van der Waals surface area (Å²) in [5.74, 6) is -0.295. The van der Waals surface area contributed by atoms with Gasteiger partial charge < -0.3 is 9.84 Å². The van der Waals surface area contributed by atoms with Crippen molar-refractivity contribution in [3.8, 4) is 5.75 Å². The van der Waals surface area contributed by atoms with Crippen LogP contribution in [0.25, 0.3) is 0 Å². The Labute approximate surface area is 117 Å². The molecule has 1 aromatic heterocycles. The molecule has 0 bridgehead atoms. The van der Waals surface area contributed by atoms with Gasteiger partial charge in [0, 0.05) is 4.88 Å². The van der Waals surface area contributed by atoms with Crippen molar-refractivity contribution in [2.24, 2.45) is 0 Å². The third-order valence-electron chi connectivity index (χ3n) is 2.64. The van der Waals surface area contributed by atoms with Crippen molar-refractivity contribution in [1.29, 1.82) is 0 Å². The minimum atomic E-state index is -0.819. The van der Waals surface area contributed by atoms with E-state index in [4.69, 9.17) is 4.74 Å². The lowest BCUT2D eigenvalue weighted by atomic mass is 10.1. The van der Waals surface area contributed by atoms with Crippen LogP contribution in [0.15, 0.2) is 28.1 Å². The van der Waals surface area contributed by atoms with Gasteiger partial charge in [-0.1, -0.05) is 6.07 Å². The number of rotatable bonds is 3. The van der Waals surface area contributed by atoms with Crippen molar-refractivity contribution in [2.45, 2.75) is 13.0 Å². The van der Waals surface area contributed by atoms with E-state index in [1.54, 1.807) is 6.07 Å². The zero-order chi connectivity index (χ0) is 13.3. The molecule has 2 aromatic rings. The summed E-state index contributed by atoms with van der Waals surface area (Å²) in [4.78, 5) is 0.781. The Morgan fingerprint density at radius 1 is 1.39 bits per heavy atom. The predicted molar refractivity (Wildman–Crippen MR) is 73.8 cm³/mol. The van der Waals surface area contributed by atoms with Crippen LogP contribution in [-0.4, -0.2) is 12.2 Å². The van der Waals surface area contributed by atoms with Crippen LogP contribution in [0.2, 0.25) is 0 Å². The molecule has 0 aliphatic heterocycles. The van der Waals surface area contributed by atoms with Gasteiger partial charge in [-0.2, -0.15) is 0 Å². The number of halogens is 2. The van der Waals surface area contributed by atoms with Crippen LogP contribution in [0.1, 0.15) is 22.1 Å². The van der Waals surface area contributed by atoms with Crippen LogP contribution in [0, 0.1) is 12.7 Å². The maximum Gasteiger partial charge on any atom is 0.165 e. The lowest BCUT2D eigenvalue weighted by Gasteiger charge is -2.10. The number of hydrogen-bond acceptors (Lipinski definition) is 3. The highest BCUT2D eigenvalue weighted by Gasteiger charge is 2.16. The summed E-state index contributed by atoms with van der Waals surface area (Å²) in [5, 5.41) is 10.2. The number of methoxy groups -OCH3 is 1. The molecule has 0 saturated carbocycles. The van der Waals surface area contributed by atoms with E-state index in [0.29, 0.717) is 5.56 Å². The third-order valence-corrected chi connectivity index (χ3v) is 4.83. The molecule has 0 spiro atoms. The maximum absolute atomic E-state index is 13.6. The van der Waals surface area contributed by atoms with Gasteiger partial charge in [-0.05, 0) is 52.2 Å². The van der Waals surface area contributed by atoms with E-state index in [-0.39, 0.29) is 5.75 Å². The molecule has 18 heavy (non-hydrogen) atoms. The van der Waals surface area contributed by atoms with E-state index in [1.807, 2.05) is 13.0 Å². The lowest BCUT2D eigenvalue weighted by Crippen LogP contribution is -1.98. The summed E-state index contributed by atoms with van der Waals surface area (Å²) < 4.78 is 19.4.